The molecule has 246 valence electrons. The van der Waals surface area contributed by atoms with Gasteiger partial charge in [0.1, 0.15) is 11.2 Å². The van der Waals surface area contributed by atoms with Crippen molar-refractivity contribution >= 4 is 107 Å². The monoisotopic (exact) mass is 729 g/mol. The van der Waals surface area contributed by atoms with Crippen LogP contribution in [0.4, 0.5) is 0 Å². The Morgan fingerprint density at radius 1 is 0.434 bits per heavy atom. The first-order valence-electron chi connectivity index (χ1n) is 25.1. The molecule has 53 heavy (non-hydrogen) atoms. The van der Waals surface area contributed by atoms with Gasteiger partial charge < -0.3 is 4.42 Å². The topological polar surface area (TPSA) is 51.8 Å². The minimum absolute atomic E-state index is 0.00777. The maximum Gasteiger partial charge on any atom is 0.164 e. The minimum Gasteiger partial charge on any atom is -0.456 e. The zero-order valence-corrected chi connectivity index (χ0v) is 28.2. The summed E-state index contributed by atoms with van der Waals surface area (Å²) in [6.45, 7) is 0. The summed E-state index contributed by atoms with van der Waals surface area (Å²) in [5.41, 5.74) is 0.737. The number of aromatic nitrogens is 3. The van der Waals surface area contributed by atoms with Crippen LogP contribution in [-0.2, 0) is 0 Å². The van der Waals surface area contributed by atoms with E-state index in [1.807, 2.05) is 6.07 Å². The van der Waals surface area contributed by atoms with E-state index in [2.05, 4.69) is 0 Å². The van der Waals surface area contributed by atoms with Gasteiger partial charge in [-0.15, -0.1) is 22.7 Å². The number of rotatable bonds is 3. The molecule has 0 atom stereocenters. The van der Waals surface area contributed by atoms with E-state index in [9.17, 15) is 5.48 Å². The molecule has 4 heterocycles. The molecule has 0 radical (unpaired) electrons. The van der Waals surface area contributed by atoms with Crippen molar-refractivity contribution in [3.63, 3.8) is 0 Å². The summed E-state index contributed by atoms with van der Waals surface area (Å²) in [7, 11) is 0. The standard InChI is InChI=1S/C47H25N3OS2/c1-3-14-28-26(12-1)24-34(41-31-17-6-9-22-38(31)52-43(28)41)46-48-45(33-19-11-21-37-40(33)30-16-5-8-20-36(30)51-37)49-47(50-46)35-25-27-13-2-4-15-29(27)44-42(35)32-18-7-10-23-39(32)53-44/h1-25H/i1D,2D,3D,4D,6D,7D,9D,10D,12D,13D,14D,15D,17D,18D,22D,23D,24D,25D. The van der Waals surface area contributed by atoms with Crippen LogP contribution in [0, 0.1) is 0 Å². The summed E-state index contributed by atoms with van der Waals surface area (Å²) in [5, 5.41) is 0.0618. The molecule has 0 spiro atoms. The molecule has 4 aromatic heterocycles. The Labute approximate surface area is 335 Å². The van der Waals surface area contributed by atoms with Gasteiger partial charge in [-0.05, 0) is 57.8 Å². The molecule has 0 aliphatic carbocycles. The third kappa shape index (κ3) is 4.25. The lowest BCUT2D eigenvalue weighted by Crippen LogP contribution is -2.01. The van der Waals surface area contributed by atoms with E-state index >= 15 is 0 Å². The van der Waals surface area contributed by atoms with E-state index in [-0.39, 0.29) is 90.5 Å². The number of fused-ring (bicyclic) bond motifs is 13. The lowest BCUT2D eigenvalue weighted by Gasteiger charge is -2.13. The highest BCUT2D eigenvalue weighted by atomic mass is 32.1. The molecule has 0 fully saturated rings. The van der Waals surface area contributed by atoms with Gasteiger partial charge in [-0.25, -0.2) is 15.0 Å². The lowest BCUT2D eigenvalue weighted by atomic mass is 9.98. The Bertz CT molecular complexity index is 4300. The van der Waals surface area contributed by atoms with Gasteiger partial charge in [-0.2, -0.15) is 0 Å². The Balaban J connectivity index is 1.36. The van der Waals surface area contributed by atoms with Crippen molar-refractivity contribution in [1.29, 1.82) is 0 Å². The van der Waals surface area contributed by atoms with E-state index < -0.39 is 109 Å². The SMILES string of the molecule is [2H]c1c([2H])c([2H])c2c(sc3c4c([2H])c([2H])c([2H])c([2H])c4c([2H])c(-c4nc(-c5cccc6oc7ccccc7c56)nc(-c5c([2H])c6c([2H])c([2H])c([2H])c([2H])c6c6sc7c([2H])c([2H])c([2H])c([2H])c7c56)n4)c32)c1[2H]. The lowest BCUT2D eigenvalue weighted by molar-refractivity contribution is 0.669. The fraction of sp³-hybridized carbons (Fsp3) is 0. The second-order valence-electron chi connectivity index (χ2n) is 12.1. The average Bonchev–Trinajstić information content (AvgIpc) is 4.07. The molecule has 12 rings (SSSR count). The molecular formula is C47H25N3OS2. The highest BCUT2D eigenvalue weighted by molar-refractivity contribution is 7.27. The van der Waals surface area contributed by atoms with Gasteiger partial charge in [0.25, 0.3) is 0 Å². The number of benzene rings is 8. The summed E-state index contributed by atoms with van der Waals surface area (Å²) >= 11 is 1.67. The highest BCUT2D eigenvalue weighted by Crippen LogP contribution is 2.47. The van der Waals surface area contributed by atoms with Crippen LogP contribution in [0.15, 0.2) is 156 Å². The number of hydrogen-bond acceptors (Lipinski definition) is 6. The van der Waals surface area contributed by atoms with E-state index in [0.29, 0.717) is 27.5 Å². The molecule has 0 saturated heterocycles. The van der Waals surface area contributed by atoms with Crippen LogP contribution in [0.3, 0.4) is 0 Å². The van der Waals surface area contributed by atoms with Crippen LogP contribution in [-0.4, -0.2) is 15.0 Å². The number of nitrogens with zero attached hydrogens (tertiary/aromatic N) is 3. The van der Waals surface area contributed by atoms with Crippen molar-refractivity contribution < 1.29 is 29.1 Å². The van der Waals surface area contributed by atoms with Gasteiger partial charge in [0.2, 0.25) is 0 Å². The van der Waals surface area contributed by atoms with E-state index in [1.165, 1.54) is 0 Å². The average molecular weight is 730 g/mol. The smallest absolute Gasteiger partial charge is 0.164 e. The van der Waals surface area contributed by atoms with Gasteiger partial charge in [-0.3, -0.25) is 0 Å². The molecule has 0 N–H and O–H groups in total. The van der Waals surface area contributed by atoms with Gasteiger partial charge >= 0.3 is 0 Å². The zero-order valence-electron chi connectivity index (χ0n) is 44.6. The van der Waals surface area contributed by atoms with Crippen molar-refractivity contribution in [2.24, 2.45) is 0 Å². The van der Waals surface area contributed by atoms with Crippen LogP contribution < -0.4 is 0 Å². The van der Waals surface area contributed by atoms with Crippen LogP contribution in [0.5, 0.6) is 0 Å². The van der Waals surface area contributed by atoms with E-state index in [1.54, 1.807) is 36.4 Å². The quantitative estimate of drug-likeness (QED) is 0.182. The second-order valence-corrected chi connectivity index (χ2v) is 14.1. The second kappa shape index (κ2) is 11.0. The zero-order chi connectivity index (χ0) is 50.3. The highest BCUT2D eigenvalue weighted by Gasteiger charge is 2.23. The van der Waals surface area contributed by atoms with Crippen molar-refractivity contribution in [1.82, 2.24) is 15.0 Å². The Morgan fingerprint density at radius 2 is 0.925 bits per heavy atom. The van der Waals surface area contributed by atoms with Crippen LogP contribution in [0.1, 0.15) is 24.7 Å². The predicted molar refractivity (Wildman–Crippen MR) is 224 cm³/mol. The first-order valence-corrected chi connectivity index (χ1v) is 17.8. The first kappa shape index (κ1) is 16.9. The van der Waals surface area contributed by atoms with Crippen LogP contribution in [0.2, 0.25) is 0 Å². The summed E-state index contributed by atoms with van der Waals surface area (Å²) in [6, 6.07) is 1.97. The summed E-state index contributed by atoms with van der Waals surface area (Å²) in [4.78, 5) is 15.0. The molecule has 0 bridgehead atoms. The molecular weight excluding hydrogens is 687 g/mol. The number of furan rings is 1. The fourth-order valence-electron chi connectivity index (χ4n) is 7.01. The predicted octanol–water partition coefficient (Wildman–Crippen LogP) is 13.8. The molecule has 4 nitrogen and oxygen atoms in total. The molecule has 6 heteroatoms. The molecule has 8 aromatic carbocycles. The molecule has 0 amide bonds. The van der Waals surface area contributed by atoms with Crippen molar-refractivity contribution in [3.8, 4) is 34.2 Å². The Hall–Kier alpha value is -6.47. The Kier molecular flexibility index (Phi) is 3.51. The van der Waals surface area contributed by atoms with Crippen molar-refractivity contribution in [2.45, 2.75) is 0 Å². The summed E-state index contributed by atoms with van der Waals surface area (Å²) in [6.07, 6.45) is 0. The number of thiophene rings is 2. The maximum atomic E-state index is 9.96. The fourth-order valence-corrected chi connectivity index (χ4v) is 9.26. The largest absolute Gasteiger partial charge is 0.456 e. The molecule has 0 saturated carbocycles. The molecule has 0 aliphatic heterocycles. The Morgan fingerprint density at radius 3 is 1.53 bits per heavy atom. The van der Waals surface area contributed by atoms with Crippen molar-refractivity contribution in [2.75, 3.05) is 0 Å². The first-order chi connectivity index (χ1) is 33.8. The van der Waals surface area contributed by atoms with Gasteiger partial charge in [-0.1, -0.05) is 115 Å². The van der Waals surface area contributed by atoms with Crippen LogP contribution in [0.25, 0.3) is 118 Å². The number of hydrogen-bond donors (Lipinski definition) is 0. The molecule has 12 aromatic rings. The minimum atomic E-state index is -0.668. The van der Waals surface area contributed by atoms with Gasteiger partial charge in [0.15, 0.2) is 17.5 Å². The third-order valence-electron chi connectivity index (χ3n) is 9.22. The third-order valence-corrected chi connectivity index (χ3v) is 11.5. The van der Waals surface area contributed by atoms with Gasteiger partial charge in [0.05, 0.1) is 24.7 Å². The van der Waals surface area contributed by atoms with Gasteiger partial charge in [0, 0.05) is 67.8 Å². The molecule has 0 aliphatic rings. The summed E-state index contributed by atoms with van der Waals surface area (Å²) < 4.78 is 168. The maximum absolute atomic E-state index is 9.96. The van der Waals surface area contributed by atoms with Crippen LogP contribution >= 0.6 is 22.7 Å². The molecule has 0 unspecified atom stereocenters. The number of para-hydroxylation sites is 1. The van der Waals surface area contributed by atoms with E-state index in [0.717, 1.165) is 22.7 Å². The summed E-state index contributed by atoms with van der Waals surface area (Å²) in [5.74, 6) is -0.888. The normalized spacial score (nSPS) is 16.9. The van der Waals surface area contributed by atoms with E-state index in [4.69, 9.17) is 38.6 Å². The van der Waals surface area contributed by atoms with Crippen molar-refractivity contribution in [3.05, 3.63) is 151 Å².